The molecule has 0 spiro atoms. The van der Waals surface area contributed by atoms with Crippen LogP contribution in [0.2, 0.25) is 5.02 Å². The van der Waals surface area contributed by atoms with Crippen LogP contribution in [-0.4, -0.2) is 13.0 Å². The van der Waals surface area contributed by atoms with Gasteiger partial charge in [0.25, 0.3) is 6.43 Å². The van der Waals surface area contributed by atoms with Crippen LogP contribution in [0, 0.1) is 5.82 Å². The summed E-state index contributed by atoms with van der Waals surface area (Å²) in [4.78, 5) is 0. The summed E-state index contributed by atoms with van der Waals surface area (Å²) in [5.74, 6) is -1.00. The Bertz CT molecular complexity index is 333. The van der Waals surface area contributed by atoms with E-state index in [2.05, 4.69) is 4.74 Å². The summed E-state index contributed by atoms with van der Waals surface area (Å²) in [6, 6.07) is 2.44. The number of hydrogen-bond acceptors (Lipinski definition) is 2. The molecule has 0 aromatic heterocycles. The van der Waals surface area contributed by atoms with E-state index in [1.54, 1.807) is 0 Å². The zero-order valence-electron chi connectivity index (χ0n) is 6.94. The highest BCUT2D eigenvalue weighted by molar-refractivity contribution is 6.32. The van der Waals surface area contributed by atoms with Crippen molar-refractivity contribution in [2.45, 2.75) is 6.43 Å². The molecule has 0 fully saturated rings. The molecule has 0 saturated carbocycles. The van der Waals surface area contributed by atoms with Crippen molar-refractivity contribution in [3.8, 4) is 5.75 Å². The van der Waals surface area contributed by atoms with Crippen LogP contribution in [0.5, 0.6) is 5.75 Å². The third-order valence-electron chi connectivity index (χ3n) is 1.44. The van der Waals surface area contributed by atoms with E-state index in [1.165, 1.54) is 12.1 Å². The minimum atomic E-state index is -2.63. The lowest BCUT2D eigenvalue weighted by molar-refractivity contribution is 0.0818. The van der Waals surface area contributed by atoms with E-state index in [0.717, 1.165) is 0 Å². The third-order valence-corrected chi connectivity index (χ3v) is 1.79. The van der Waals surface area contributed by atoms with Crippen molar-refractivity contribution in [2.75, 3.05) is 12.3 Å². The molecule has 1 aromatic rings. The minimum absolute atomic E-state index is 0.140. The molecule has 0 unspecified atom stereocenters. The van der Waals surface area contributed by atoms with Crippen LogP contribution in [0.4, 0.5) is 18.9 Å². The van der Waals surface area contributed by atoms with Gasteiger partial charge in [-0.2, -0.15) is 0 Å². The fourth-order valence-electron chi connectivity index (χ4n) is 0.811. The zero-order valence-corrected chi connectivity index (χ0v) is 7.69. The van der Waals surface area contributed by atoms with Gasteiger partial charge in [0.1, 0.15) is 17.4 Å². The third kappa shape index (κ3) is 2.45. The van der Waals surface area contributed by atoms with E-state index in [9.17, 15) is 13.2 Å². The lowest BCUT2D eigenvalue weighted by atomic mass is 10.3. The van der Waals surface area contributed by atoms with Crippen LogP contribution in [0.15, 0.2) is 12.1 Å². The largest absolute Gasteiger partial charge is 0.486 e. The fraction of sp³-hybridized carbons (Fsp3) is 0.250. The van der Waals surface area contributed by atoms with Crippen LogP contribution in [0.3, 0.4) is 0 Å². The normalized spacial score (nSPS) is 10.6. The van der Waals surface area contributed by atoms with Gasteiger partial charge in [-0.25, -0.2) is 13.2 Å². The molecular weight excluding hydrogens is 219 g/mol. The van der Waals surface area contributed by atoms with Crippen LogP contribution in [0.25, 0.3) is 0 Å². The molecule has 0 amide bonds. The molecule has 0 aliphatic rings. The Hall–Kier alpha value is -1.10. The molecule has 0 atom stereocenters. The number of hydrogen-bond donors (Lipinski definition) is 1. The number of anilines is 1. The monoisotopic (exact) mass is 225 g/mol. The smallest absolute Gasteiger partial charge is 0.272 e. The van der Waals surface area contributed by atoms with Crippen molar-refractivity contribution in [1.29, 1.82) is 0 Å². The number of halogens is 4. The van der Waals surface area contributed by atoms with Gasteiger partial charge in [-0.15, -0.1) is 0 Å². The molecule has 0 heterocycles. The van der Waals surface area contributed by atoms with Crippen molar-refractivity contribution in [2.24, 2.45) is 0 Å². The van der Waals surface area contributed by atoms with Gasteiger partial charge >= 0.3 is 0 Å². The van der Waals surface area contributed by atoms with Gasteiger partial charge in [0, 0.05) is 0 Å². The van der Waals surface area contributed by atoms with Crippen molar-refractivity contribution in [3.05, 3.63) is 23.0 Å². The van der Waals surface area contributed by atoms with Gasteiger partial charge < -0.3 is 10.5 Å². The van der Waals surface area contributed by atoms with Crippen molar-refractivity contribution < 1.29 is 17.9 Å². The lowest BCUT2D eigenvalue weighted by Gasteiger charge is -2.08. The van der Waals surface area contributed by atoms with E-state index in [-0.39, 0.29) is 16.5 Å². The first-order chi connectivity index (χ1) is 6.52. The molecule has 1 aromatic carbocycles. The van der Waals surface area contributed by atoms with Crippen LogP contribution in [0.1, 0.15) is 0 Å². The summed E-state index contributed by atoms with van der Waals surface area (Å²) in [6.45, 7) is -0.830. The molecular formula is C8H7ClF3NO. The quantitative estimate of drug-likeness (QED) is 0.803. The van der Waals surface area contributed by atoms with Gasteiger partial charge in [-0.3, -0.25) is 0 Å². The van der Waals surface area contributed by atoms with Crippen LogP contribution < -0.4 is 10.5 Å². The molecule has 0 aliphatic heterocycles. The summed E-state index contributed by atoms with van der Waals surface area (Å²) in [5, 5.41) is -0.384. The standard InChI is InChI=1S/C8H7ClF3NO/c9-7-5(14-3-6(10)11)2-1-4(13)8(7)12/h1-2,6H,3,13H2. The molecule has 78 valence electrons. The second-order valence-corrected chi connectivity index (χ2v) is 2.86. The number of benzene rings is 1. The maximum atomic E-state index is 13.0. The fourth-order valence-corrected chi connectivity index (χ4v) is 1.04. The summed E-state index contributed by atoms with van der Waals surface area (Å²) in [7, 11) is 0. The Morgan fingerprint density at radius 1 is 1.43 bits per heavy atom. The molecule has 14 heavy (non-hydrogen) atoms. The topological polar surface area (TPSA) is 35.2 Å². The van der Waals surface area contributed by atoms with E-state index in [0.29, 0.717) is 0 Å². The first-order valence-electron chi connectivity index (χ1n) is 3.66. The number of rotatable bonds is 3. The van der Waals surface area contributed by atoms with Crippen molar-refractivity contribution >= 4 is 17.3 Å². The van der Waals surface area contributed by atoms with Crippen molar-refractivity contribution in [3.63, 3.8) is 0 Å². The Labute approximate surface area is 83.4 Å². The van der Waals surface area contributed by atoms with Gasteiger partial charge in [0.2, 0.25) is 0 Å². The first kappa shape index (κ1) is 11.0. The second kappa shape index (κ2) is 4.41. The van der Waals surface area contributed by atoms with Crippen LogP contribution >= 0.6 is 11.6 Å². The molecule has 0 saturated heterocycles. The maximum Gasteiger partial charge on any atom is 0.272 e. The number of nitrogens with two attached hydrogens (primary N) is 1. The predicted octanol–water partition coefficient (Wildman–Crippen LogP) is 2.71. The molecule has 2 nitrogen and oxygen atoms in total. The summed E-state index contributed by atoms with van der Waals surface area (Å²) in [6.07, 6.45) is -2.63. The highest BCUT2D eigenvalue weighted by Gasteiger charge is 2.12. The van der Waals surface area contributed by atoms with Gasteiger partial charge in [-0.05, 0) is 12.1 Å². The predicted molar refractivity (Wildman–Crippen MR) is 47.3 cm³/mol. The Morgan fingerprint density at radius 2 is 2.07 bits per heavy atom. The maximum absolute atomic E-state index is 13.0. The average molecular weight is 226 g/mol. The lowest BCUT2D eigenvalue weighted by Crippen LogP contribution is -2.07. The highest BCUT2D eigenvalue weighted by atomic mass is 35.5. The van der Waals surface area contributed by atoms with E-state index < -0.39 is 18.8 Å². The summed E-state index contributed by atoms with van der Waals surface area (Å²) >= 11 is 5.46. The minimum Gasteiger partial charge on any atom is -0.486 e. The van der Waals surface area contributed by atoms with Gasteiger partial charge in [0.05, 0.1) is 5.69 Å². The Kier molecular flexibility index (Phi) is 3.46. The second-order valence-electron chi connectivity index (χ2n) is 2.48. The number of nitrogen functional groups attached to an aromatic ring is 1. The summed E-state index contributed by atoms with van der Waals surface area (Å²) in [5.41, 5.74) is 5.03. The molecule has 2 N–H and O–H groups in total. The van der Waals surface area contributed by atoms with Crippen molar-refractivity contribution in [1.82, 2.24) is 0 Å². The van der Waals surface area contributed by atoms with Crippen LogP contribution in [-0.2, 0) is 0 Å². The molecule has 0 radical (unpaired) electrons. The first-order valence-corrected chi connectivity index (χ1v) is 4.04. The molecule has 0 aliphatic carbocycles. The van der Waals surface area contributed by atoms with E-state index in [4.69, 9.17) is 17.3 Å². The SMILES string of the molecule is Nc1ccc(OCC(F)F)c(Cl)c1F. The Morgan fingerprint density at radius 3 is 2.64 bits per heavy atom. The molecule has 0 bridgehead atoms. The van der Waals surface area contributed by atoms with E-state index >= 15 is 0 Å². The van der Waals surface area contributed by atoms with Gasteiger partial charge in [-0.1, -0.05) is 11.6 Å². The Balaban J connectivity index is 2.83. The number of alkyl halides is 2. The van der Waals surface area contributed by atoms with Gasteiger partial charge in [0.15, 0.2) is 5.82 Å². The van der Waals surface area contributed by atoms with E-state index in [1.807, 2.05) is 0 Å². The highest BCUT2D eigenvalue weighted by Crippen LogP contribution is 2.30. The zero-order chi connectivity index (χ0) is 10.7. The molecule has 6 heteroatoms. The number of ether oxygens (including phenoxy) is 1. The molecule has 1 rings (SSSR count). The average Bonchev–Trinajstić information content (AvgIpc) is 2.13. The summed E-state index contributed by atoms with van der Waals surface area (Å²) < 4.78 is 41.0.